The summed E-state index contributed by atoms with van der Waals surface area (Å²) in [4.78, 5) is 4.76. The Kier molecular flexibility index (Phi) is 3.75. The number of halogens is 1. The van der Waals surface area contributed by atoms with E-state index in [2.05, 4.69) is 38.2 Å². The third-order valence-electron chi connectivity index (χ3n) is 4.32. The number of rotatable bonds is 2. The van der Waals surface area contributed by atoms with Gasteiger partial charge >= 0.3 is 0 Å². The van der Waals surface area contributed by atoms with Gasteiger partial charge in [0.1, 0.15) is 0 Å². The van der Waals surface area contributed by atoms with Crippen LogP contribution in [0.15, 0.2) is 54.7 Å². The molecule has 116 valence electrons. The van der Waals surface area contributed by atoms with E-state index in [1.807, 2.05) is 36.5 Å². The molecule has 0 spiro atoms. The molecule has 0 atom stereocenters. The van der Waals surface area contributed by atoms with Crippen molar-refractivity contribution in [1.29, 1.82) is 0 Å². The highest BCUT2D eigenvalue weighted by Gasteiger charge is 2.19. The smallest absolute Gasteiger partial charge is 0.0950 e. The van der Waals surface area contributed by atoms with E-state index in [0.29, 0.717) is 0 Å². The Hall–Kier alpha value is -2.33. The predicted molar refractivity (Wildman–Crippen MR) is 95.4 cm³/mol. The summed E-state index contributed by atoms with van der Waals surface area (Å²) in [5.41, 5.74) is 3.30. The van der Waals surface area contributed by atoms with E-state index in [1.54, 1.807) is 0 Å². The molecule has 4 nitrogen and oxygen atoms in total. The molecule has 0 aliphatic carbocycles. The maximum Gasteiger partial charge on any atom is 0.0950 e. The molecule has 0 N–H and O–H groups in total. The van der Waals surface area contributed by atoms with Crippen LogP contribution in [0, 0.1) is 0 Å². The first kappa shape index (κ1) is 14.3. The number of anilines is 2. The molecular weight excluding hydrogens is 308 g/mol. The van der Waals surface area contributed by atoms with Crippen LogP contribution in [0.3, 0.4) is 0 Å². The van der Waals surface area contributed by atoms with Gasteiger partial charge in [-0.3, -0.25) is 0 Å². The molecule has 2 heterocycles. The molecular formula is C18H17ClN4. The zero-order valence-corrected chi connectivity index (χ0v) is 13.4. The summed E-state index contributed by atoms with van der Waals surface area (Å²) in [6.45, 7) is 3.86. The third kappa shape index (κ3) is 2.82. The molecule has 1 aromatic heterocycles. The van der Waals surface area contributed by atoms with Crippen molar-refractivity contribution in [2.75, 3.05) is 36.0 Å². The second-order valence-electron chi connectivity index (χ2n) is 5.70. The molecule has 1 fully saturated rings. The first-order valence-electron chi connectivity index (χ1n) is 7.77. The van der Waals surface area contributed by atoms with Crippen LogP contribution >= 0.6 is 11.6 Å². The Morgan fingerprint density at radius 3 is 2.48 bits per heavy atom. The quantitative estimate of drug-likeness (QED) is 0.721. The summed E-state index contributed by atoms with van der Waals surface area (Å²) in [6, 6.07) is 16.2. The summed E-state index contributed by atoms with van der Waals surface area (Å²) >= 11 is 6.10. The number of hydrogen-bond acceptors (Lipinski definition) is 4. The van der Waals surface area contributed by atoms with Crippen LogP contribution < -0.4 is 9.80 Å². The predicted octanol–water partition coefficient (Wildman–Crippen LogP) is 3.61. The van der Waals surface area contributed by atoms with Gasteiger partial charge in [0.25, 0.3) is 0 Å². The number of hydrogen-bond donors (Lipinski definition) is 0. The zero-order chi connectivity index (χ0) is 15.6. The lowest BCUT2D eigenvalue weighted by molar-refractivity contribution is 0.654. The number of benzene rings is 2. The molecule has 1 saturated heterocycles. The fraction of sp³-hybridized carbons (Fsp3) is 0.222. The van der Waals surface area contributed by atoms with Crippen molar-refractivity contribution in [3.8, 4) is 0 Å². The van der Waals surface area contributed by atoms with Crippen LogP contribution in [0.4, 0.5) is 11.4 Å². The van der Waals surface area contributed by atoms with Gasteiger partial charge in [0.15, 0.2) is 0 Å². The van der Waals surface area contributed by atoms with Crippen molar-refractivity contribution in [1.82, 2.24) is 10.2 Å². The van der Waals surface area contributed by atoms with Gasteiger partial charge in [0.05, 0.1) is 17.4 Å². The largest absolute Gasteiger partial charge is 0.368 e. The molecule has 4 rings (SSSR count). The number of nitrogens with zero attached hydrogens (tertiary/aromatic N) is 4. The molecule has 1 aliphatic rings. The molecule has 5 heteroatoms. The number of fused-ring (bicyclic) bond motifs is 1. The van der Waals surface area contributed by atoms with Crippen molar-refractivity contribution >= 4 is 33.9 Å². The van der Waals surface area contributed by atoms with Gasteiger partial charge in [0, 0.05) is 42.3 Å². The van der Waals surface area contributed by atoms with E-state index in [9.17, 15) is 0 Å². The maximum absolute atomic E-state index is 6.10. The van der Waals surface area contributed by atoms with Crippen LogP contribution in [0.5, 0.6) is 0 Å². The highest BCUT2D eigenvalue weighted by atomic mass is 35.5. The molecule has 1 aliphatic heterocycles. The Bertz CT molecular complexity index is 823. The van der Waals surface area contributed by atoms with Crippen molar-refractivity contribution in [2.24, 2.45) is 0 Å². The monoisotopic (exact) mass is 324 g/mol. The van der Waals surface area contributed by atoms with Crippen molar-refractivity contribution in [3.05, 3.63) is 59.8 Å². The lowest BCUT2D eigenvalue weighted by Crippen LogP contribution is -2.46. The Morgan fingerprint density at radius 2 is 1.65 bits per heavy atom. The molecule has 2 aromatic carbocycles. The minimum atomic E-state index is 0.786. The Balaban J connectivity index is 1.55. The topological polar surface area (TPSA) is 32.3 Å². The highest BCUT2D eigenvalue weighted by Crippen LogP contribution is 2.27. The summed E-state index contributed by atoms with van der Waals surface area (Å²) < 4.78 is 0. The summed E-state index contributed by atoms with van der Waals surface area (Å²) in [5.74, 6) is 0. The van der Waals surface area contributed by atoms with Gasteiger partial charge in [-0.1, -0.05) is 35.9 Å². The normalized spacial score (nSPS) is 15.2. The van der Waals surface area contributed by atoms with E-state index in [-0.39, 0.29) is 0 Å². The second kappa shape index (κ2) is 6.05. The maximum atomic E-state index is 6.10. The minimum absolute atomic E-state index is 0.786. The van der Waals surface area contributed by atoms with Gasteiger partial charge in [-0.05, 0) is 24.3 Å². The SMILES string of the molecule is Clc1cccc(N2CCN(c3cnnc4ccccc34)CC2)c1. The molecule has 0 unspecified atom stereocenters. The summed E-state index contributed by atoms with van der Waals surface area (Å²) in [5, 5.41) is 10.3. The lowest BCUT2D eigenvalue weighted by Gasteiger charge is -2.37. The van der Waals surface area contributed by atoms with Gasteiger partial charge < -0.3 is 9.80 Å². The Labute approximate surface area is 140 Å². The van der Waals surface area contributed by atoms with Crippen LogP contribution in [0.25, 0.3) is 10.9 Å². The van der Waals surface area contributed by atoms with Gasteiger partial charge in [-0.2, -0.15) is 10.2 Å². The van der Waals surface area contributed by atoms with Gasteiger partial charge in [-0.25, -0.2) is 0 Å². The van der Waals surface area contributed by atoms with E-state index < -0.39 is 0 Å². The molecule has 0 radical (unpaired) electrons. The molecule has 3 aromatic rings. The first-order chi connectivity index (χ1) is 11.3. The molecule has 0 bridgehead atoms. The molecule has 0 saturated carbocycles. The average Bonchev–Trinajstić information content (AvgIpc) is 2.61. The van der Waals surface area contributed by atoms with E-state index in [4.69, 9.17) is 11.6 Å². The fourth-order valence-electron chi connectivity index (χ4n) is 3.12. The van der Waals surface area contributed by atoms with Crippen LogP contribution in [-0.2, 0) is 0 Å². The molecule has 0 amide bonds. The fourth-order valence-corrected chi connectivity index (χ4v) is 3.31. The van der Waals surface area contributed by atoms with Gasteiger partial charge in [-0.15, -0.1) is 0 Å². The highest BCUT2D eigenvalue weighted by molar-refractivity contribution is 6.30. The Morgan fingerprint density at radius 1 is 0.870 bits per heavy atom. The van der Waals surface area contributed by atoms with Crippen LogP contribution in [0.2, 0.25) is 5.02 Å². The lowest BCUT2D eigenvalue weighted by atomic mass is 10.1. The minimum Gasteiger partial charge on any atom is -0.368 e. The van der Waals surface area contributed by atoms with Gasteiger partial charge in [0.2, 0.25) is 0 Å². The van der Waals surface area contributed by atoms with Crippen LogP contribution in [-0.4, -0.2) is 36.4 Å². The standard InChI is InChI=1S/C18H17ClN4/c19-14-4-3-5-15(12-14)22-8-10-23(11-9-22)18-13-20-21-17-7-2-1-6-16(17)18/h1-7,12-13H,8-11H2. The average molecular weight is 325 g/mol. The zero-order valence-electron chi connectivity index (χ0n) is 12.7. The first-order valence-corrected chi connectivity index (χ1v) is 8.15. The van der Waals surface area contributed by atoms with E-state index in [0.717, 1.165) is 36.7 Å². The van der Waals surface area contributed by atoms with Crippen molar-refractivity contribution in [3.63, 3.8) is 0 Å². The van der Waals surface area contributed by atoms with E-state index >= 15 is 0 Å². The number of aromatic nitrogens is 2. The van der Waals surface area contributed by atoms with E-state index in [1.165, 1.54) is 16.8 Å². The third-order valence-corrected chi connectivity index (χ3v) is 4.55. The van der Waals surface area contributed by atoms with Crippen molar-refractivity contribution in [2.45, 2.75) is 0 Å². The molecule has 23 heavy (non-hydrogen) atoms. The van der Waals surface area contributed by atoms with Crippen molar-refractivity contribution < 1.29 is 0 Å². The number of piperazine rings is 1. The summed E-state index contributed by atoms with van der Waals surface area (Å²) in [7, 11) is 0. The summed E-state index contributed by atoms with van der Waals surface area (Å²) in [6.07, 6.45) is 1.87. The second-order valence-corrected chi connectivity index (χ2v) is 6.14. The van der Waals surface area contributed by atoms with Crippen LogP contribution in [0.1, 0.15) is 0 Å².